The number of carbonyl (C=O) groups is 1. The Morgan fingerprint density at radius 2 is 1.92 bits per heavy atom. The molecule has 1 aromatic rings. The van der Waals surface area contributed by atoms with Gasteiger partial charge in [0, 0.05) is 0 Å². The van der Waals surface area contributed by atoms with Gasteiger partial charge in [-0.05, 0) is 89.0 Å². The van der Waals surface area contributed by atoms with Crippen LogP contribution in [0.2, 0.25) is 0 Å². The van der Waals surface area contributed by atoms with Crippen molar-refractivity contribution in [3.05, 3.63) is 71.8 Å². The Morgan fingerprint density at radius 3 is 2.61 bits per heavy atom. The minimum Gasteiger partial charge on any atom is -0.458 e. The number of hydrogen-bond acceptors (Lipinski definition) is 4. The van der Waals surface area contributed by atoms with E-state index in [0.717, 1.165) is 44.9 Å². The number of esters is 1. The SMILES string of the molecule is CC(C)(C)OC(=O)COC/C=C1\CCCCC1/C=C/C=C/C(O)C1(CCCc2ccccc2)CCC1. The summed E-state index contributed by atoms with van der Waals surface area (Å²) in [7, 11) is 0. The Hall–Kier alpha value is -2.17. The molecule has 2 fully saturated rings. The van der Waals surface area contributed by atoms with E-state index in [-0.39, 0.29) is 24.1 Å². The molecule has 0 amide bonds. The highest BCUT2D eigenvalue weighted by Crippen LogP contribution is 2.48. The fourth-order valence-electron chi connectivity index (χ4n) is 5.40. The summed E-state index contributed by atoms with van der Waals surface area (Å²) >= 11 is 0. The van der Waals surface area contributed by atoms with E-state index in [4.69, 9.17) is 9.47 Å². The maximum absolute atomic E-state index is 11.8. The number of aryl methyl sites for hydroxylation is 1. The zero-order valence-electron chi connectivity index (χ0n) is 22.6. The van der Waals surface area contributed by atoms with E-state index in [1.165, 1.54) is 30.4 Å². The van der Waals surface area contributed by atoms with Crippen molar-refractivity contribution < 1.29 is 19.4 Å². The van der Waals surface area contributed by atoms with E-state index in [2.05, 4.69) is 48.6 Å². The van der Waals surface area contributed by atoms with Gasteiger partial charge in [0.05, 0.1) is 12.7 Å². The highest BCUT2D eigenvalue weighted by Gasteiger charge is 2.41. The fraction of sp³-hybridized carbons (Fsp3) is 0.594. The first kappa shape index (κ1) is 28.4. The molecule has 0 bridgehead atoms. The molecule has 0 aromatic heterocycles. The lowest BCUT2D eigenvalue weighted by atomic mass is 9.62. The van der Waals surface area contributed by atoms with Crippen molar-refractivity contribution in [2.24, 2.45) is 11.3 Å². The predicted molar refractivity (Wildman–Crippen MR) is 147 cm³/mol. The second-order valence-corrected chi connectivity index (χ2v) is 11.5. The van der Waals surface area contributed by atoms with Gasteiger partial charge in [-0.15, -0.1) is 0 Å². The molecule has 4 heteroatoms. The summed E-state index contributed by atoms with van der Waals surface area (Å²) in [6.07, 6.45) is 21.5. The van der Waals surface area contributed by atoms with Crippen molar-refractivity contribution >= 4 is 5.97 Å². The van der Waals surface area contributed by atoms with Crippen LogP contribution in [-0.4, -0.2) is 36.0 Å². The quantitative estimate of drug-likeness (QED) is 0.145. The van der Waals surface area contributed by atoms with Gasteiger partial charge in [0.15, 0.2) is 0 Å². The summed E-state index contributed by atoms with van der Waals surface area (Å²) < 4.78 is 10.8. The summed E-state index contributed by atoms with van der Waals surface area (Å²) in [6, 6.07) is 10.6. The molecule has 2 aliphatic rings. The number of carbonyl (C=O) groups excluding carboxylic acids is 1. The van der Waals surface area contributed by atoms with Gasteiger partial charge >= 0.3 is 5.97 Å². The lowest BCUT2D eigenvalue weighted by Gasteiger charge is -2.45. The van der Waals surface area contributed by atoms with Gasteiger partial charge in [0.25, 0.3) is 0 Å². The molecule has 0 heterocycles. The summed E-state index contributed by atoms with van der Waals surface area (Å²) in [5.74, 6) is 0.0724. The lowest BCUT2D eigenvalue weighted by molar-refractivity contribution is -0.159. The van der Waals surface area contributed by atoms with Gasteiger partial charge in [0.1, 0.15) is 12.2 Å². The molecule has 36 heavy (non-hydrogen) atoms. The van der Waals surface area contributed by atoms with Crippen LogP contribution < -0.4 is 0 Å². The molecule has 1 N–H and O–H groups in total. The number of allylic oxidation sites excluding steroid dienone is 4. The van der Waals surface area contributed by atoms with E-state index < -0.39 is 5.60 Å². The third kappa shape index (κ3) is 9.37. The predicted octanol–water partition coefficient (Wildman–Crippen LogP) is 7.13. The normalized spacial score (nSPS) is 22.1. The second-order valence-electron chi connectivity index (χ2n) is 11.5. The van der Waals surface area contributed by atoms with Crippen molar-refractivity contribution in [1.29, 1.82) is 0 Å². The third-order valence-corrected chi connectivity index (χ3v) is 7.52. The first-order chi connectivity index (χ1) is 17.3. The van der Waals surface area contributed by atoms with Crippen LogP contribution in [-0.2, 0) is 20.7 Å². The number of aliphatic hydroxyl groups is 1. The van der Waals surface area contributed by atoms with E-state index >= 15 is 0 Å². The Labute approximate surface area is 218 Å². The van der Waals surface area contributed by atoms with E-state index in [1.807, 2.05) is 32.9 Å². The van der Waals surface area contributed by atoms with Crippen LogP contribution >= 0.6 is 0 Å². The van der Waals surface area contributed by atoms with Crippen LogP contribution in [0.3, 0.4) is 0 Å². The molecule has 198 valence electrons. The number of rotatable bonds is 12. The van der Waals surface area contributed by atoms with Crippen LogP contribution in [0.5, 0.6) is 0 Å². The summed E-state index contributed by atoms with van der Waals surface area (Å²) in [5.41, 5.74) is 2.33. The number of aliphatic hydroxyl groups excluding tert-OH is 1. The Morgan fingerprint density at radius 1 is 1.14 bits per heavy atom. The summed E-state index contributed by atoms with van der Waals surface area (Å²) in [4.78, 5) is 11.8. The van der Waals surface area contributed by atoms with Gasteiger partial charge in [0.2, 0.25) is 0 Å². The first-order valence-corrected chi connectivity index (χ1v) is 13.8. The second kappa shape index (κ2) is 13.9. The number of ether oxygens (including phenoxy) is 2. The number of benzene rings is 1. The Bertz CT molecular complexity index is 886. The highest BCUT2D eigenvalue weighted by molar-refractivity contribution is 5.71. The first-order valence-electron chi connectivity index (χ1n) is 13.8. The van der Waals surface area contributed by atoms with Crippen molar-refractivity contribution in [2.45, 2.75) is 96.7 Å². The zero-order valence-corrected chi connectivity index (χ0v) is 22.6. The maximum atomic E-state index is 11.8. The van der Waals surface area contributed by atoms with Crippen molar-refractivity contribution in [1.82, 2.24) is 0 Å². The van der Waals surface area contributed by atoms with Crippen molar-refractivity contribution in [3.8, 4) is 0 Å². The van der Waals surface area contributed by atoms with Crippen molar-refractivity contribution in [3.63, 3.8) is 0 Å². The molecule has 0 saturated heterocycles. The highest BCUT2D eigenvalue weighted by atomic mass is 16.6. The smallest absolute Gasteiger partial charge is 0.332 e. The minimum atomic E-state index is -0.486. The molecular formula is C32H46O4. The van der Waals surface area contributed by atoms with Gasteiger partial charge < -0.3 is 14.6 Å². The molecule has 0 radical (unpaired) electrons. The van der Waals surface area contributed by atoms with E-state index in [9.17, 15) is 9.90 Å². The molecule has 1 aromatic carbocycles. The Kier molecular flexibility index (Phi) is 11.0. The maximum Gasteiger partial charge on any atom is 0.332 e. The average molecular weight is 495 g/mol. The zero-order chi connectivity index (χ0) is 25.9. The fourth-order valence-corrected chi connectivity index (χ4v) is 5.40. The van der Waals surface area contributed by atoms with Crippen LogP contribution in [0.15, 0.2) is 66.3 Å². The monoisotopic (exact) mass is 494 g/mol. The van der Waals surface area contributed by atoms with Crippen LogP contribution in [0, 0.1) is 11.3 Å². The Balaban J connectivity index is 1.45. The molecule has 2 atom stereocenters. The van der Waals surface area contributed by atoms with Crippen LogP contribution in [0.1, 0.15) is 84.1 Å². The summed E-state index contributed by atoms with van der Waals surface area (Å²) in [6.45, 7) is 5.99. The van der Waals surface area contributed by atoms with Gasteiger partial charge in [-0.3, -0.25) is 0 Å². The van der Waals surface area contributed by atoms with Crippen LogP contribution in [0.25, 0.3) is 0 Å². The third-order valence-electron chi connectivity index (χ3n) is 7.52. The molecule has 0 aliphatic heterocycles. The van der Waals surface area contributed by atoms with Crippen LogP contribution in [0.4, 0.5) is 0 Å². The molecule has 4 nitrogen and oxygen atoms in total. The molecule has 2 unspecified atom stereocenters. The largest absolute Gasteiger partial charge is 0.458 e. The van der Waals surface area contributed by atoms with Gasteiger partial charge in [-0.2, -0.15) is 0 Å². The molecule has 0 spiro atoms. The van der Waals surface area contributed by atoms with Crippen molar-refractivity contribution in [2.75, 3.05) is 13.2 Å². The summed E-state index contributed by atoms with van der Waals surface area (Å²) in [5, 5.41) is 11.0. The number of hydrogen-bond donors (Lipinski definition) is 1. The topological polar surface area (TPSA) is 55.8 Å². The van der Waals surface area contributed by atoms with Gasteiger partial charge in [-0.1, -0.05) is 79.1 Å². The van der Waals surface area contributed by atoms with E-state index in [1.54, 1.807) is 0 Å². The standard InChI is InChI=1S/C32H46O4/c1-31(2,3)36-30(34)25-35-24-20-28-18-8-7-16-27(28)17-9-10-19-29(33)32(22-12-23-32)21-11-15-26-13-5-4-6-14-26/h4-6,9-10,13-14,17,19-20,27,29,33H,7-8,11-12,15-16,18,21-25H2,1-3H3/b17-9+,19-10+,28-20+. The van der Waals surface area contributed by atoms with Gasteiger partial charge in [-0.25, -0.2) is 4.79 Å². The molecule has 2 aliphatic carbocycles. The average Bonchev–Trinajstić information content (AvgIpc) is 2.81. The minimum absolute atomic E-state index is 0.0186. The molecule has 3 rings (SSSR count). The lowest BCUT2D eigenvalue weighted by Crippen LogP contribution is -2.40. The van der Waals surface area contributed by atoms with E-state index in [0.29, 0.717) is 12.5 Å². The molecular weight excluding hydrogens is 448 g/mol. The molecule has 2 saturated carbocycles.